The van der Waals surface area contributed by atoms with Crippen molar-refractivity contribution in [2.24, 2.45) is 88.3 Å². The third kappa shape index (κ3) is 9.18. The quantitative estimate of drug-likeness (QED) is 0.236. The Labute approximate surface area is 318 Å². The first-order valence-corrected chi connectivity index (χ1v) is 25.1. The standard InChI is InChI=1S/C10H16.C10H18.C9H14.C8H14.2C7H12/c1-7-2-9-4-8(1)5-10(3-7)6-9;1-2-5-10-7-3-6-9(4-1)8-10;1-2-7-6-9(4-1)5-3-8(7)9;1-2-8-5-3-7(1)4-6-8;2*1-2-7-4-3-6(1)5-7/h7-10H,1-6H2;9-10H,1-8H2;7-8H,1-6H2;7-8H,1-6H2;2*6-7H,1-5H2. The molecule has 17 aliphatic rings. The summed E-state index contributed by atoms with van der Waals surface area (Å²) in [4.78, 5) is 0. The summed E-state index contributed by atoms with van der Waals surface area (Å²) < 4.78 is 0. The van der Waals surface area contributed by atoms with E-state index in [-0.39, 0.29) is 0 Å². The number of fused-ring (bicyclic) bond motifs is 11. The van der Waals surface area contributed by atoms with Gasteiger partial charge < -0.3 is 0 Å². The van der Waals surface area contributed by atoms with Gasteiger partial charge in [-0.2, -0.15) is 0 Å². The van der Waals surface area contributed by atoms with Crippen LogP contribution < -0.4 is 0 Å². The van der Waals surface area contributed by atoms with Crippen LogP contribution in [0.25, 0.3) is 0 Å². The molecule has 17 saturated carbocycles. The molecule has 0 aromatic rings. The molecule has 0 nitrogen and oxygen atoms in total. The fraction of sp³-hybridized carbons (Fsp3) is 1.00. The summed E-state index contributed by atoms with van der Waals surface area (Å²) >= 11 is 0. The van der Waals surface area contributed by atoms with Crippen LogP contribution in [0.2, 0.25) is 0 Å². The largest absolute Gasteiger partial charge is 0.0530 e. The van der Waals surface area contributed by atoms with E-state index < -0.39 is 0 Å². The highest BCUT2D eigenvalue weighted by Crippen LogP contribution is 2.70. The van der Waals surface area contributed by atoms with Gasteiger partial charge in [0.1, 0.15) is 0 Å². The van der Waals surface area contributed by atoms with E-state index in [1.807, 2.05) is 0 Å². The van der Waals surface area contributed by atoms with Crippen molar-refractivity contribution in [3.63, 3.8) is 0 Å². The first kappa shape index (κ1) is 36.6. The lowest BCUT2D eigenvalue weighted by Crippen LogP contribution is -2.57. The van der Waals surface area contributed by atoms with Crippen LogP contribution in [0.1, 0.15) is 231 Å². The van der Waals surface area contributed by atoms with Crippen molar-refractivity contribution in [1.29, 1.82) is 0 Å². The third-order valence-electron chi connectivity index (χ3n) is 19.8. The normalized spacial score (nSPS) is 50.4. The van der Waals surface area contributed by atoms with E-state index in [1.165, 1.54) is 78.4 Å². The molecule has 290 valence electrons. The van der Waals surface area contributed by atoms with Gasteiger partial charge in [-0.25, -0.2) is 0 Å². The molecule has 0 N–H and O–H groups in total. The maximum Gasteiger partial charge on any atom is -0.0264 e. The van der Waals surface area contributed by atoms with E-state index in [9.17, 15) is 0 Å². The summed E-state index contributed by atoms with van der Waals surface area (Å²) in [5, 5.41) is 0. The molecule has 0 amide bonds. The molecule has 0 aliphatic heterocycles. The SMILES string of the molecule is C1C2CC3CC1CC(C2)C3.C1CC2CC3(C1)CCC23.C1CC2CCC1C2.C1CC2CCC1C2.C1CC2CCC1CC2.C1CCC2CCCC(C1)C2. The van der Waals surface area contributed by atoms with Gasteiger partial charge in [0.05, 0.1) is 0 Å². The Kier molecular flexibility index (Phi) is 12.2. The van der Waals surface area contributed by atoms with Crippen LogP contribution in [-0.2, 0) is 0 Å². The molecule has 1 spiro atoms. The molecule has 17 rings (SSSR count). The second-order valence-electron chi connectivity index (χ2n) is 23.1. The van der Waals surface area contributed by atoms with Crippen molar-refractivity contribution >= 4 is 0 Å². The molecular formula is C51H86. The van der Waals surface area contributed by atoms with Gasteiger partial charge in [-0.3, -0.25) is 0 Å². The molecule has 0 aromatic heterocycles. The summed E-state index contributed by atoms with van der Waals surface area (Å²) in [6.07, 6.45) is 56.5. The molecule has 51 heavy (non-hydrogen) atoms. The van der Waals surface area contributed by atoms with E-state index in [4.69, 9.17) is 0 Å². The molecule has 17 fully saturated rings. The van der Waals surface area contributed by atoms with Gasteiger partial charge in [0.25, 0.3) is 0 Å². The zero-order valence-corrected chi connectivity index (χ0v) is 34.0. The Morgan fingerprint density at radius 3 is 0.824 bits per heavy atom. The number of hydrogen-bond acceptors (Lipinski definition) is 0. The van der Waals surface area contributed by atoms with Crippen molar-refractivity contribution < 1.29 is 0 Å². The highest BCUT2D eigenvalue weighted by Gasteiger charge is 2.60. The Hall–Kier alpha value is 0. The summed E-state index contributed by atoms with van der Waals surface area (Å²) in [5.74, 6) is 16.4. The van der Waals surface area contributed by atoms with E-state index >= 15 is 0 Å². The van der Waals surface area contributed by atoms with Gasteiger partial charge in [-0.1, -0.05) is 148 Å². The Morgan fingerprint density at radius 1 is 0.235 bits per heavy atom. The van der Waals surface area contributed by atoms with Crippen molar-refractivity contribution in [1.82, 2.24) is 0 Å². The van der Waals surface area contributed by atoms with Crippen LogP contribution >= 0.6 is 0 Å². The monoisotopic (exact) mass is 699 g/mol. The number of hydrogen-bond donors (Lipinski definition) is 0. The molecule has 0 heterocycles. The smallest absolute Gasteiger partial charge is 0.0264 e. The minimum absolute atomic E-state index is 0.961. The lowest BCUT2D eigenvalue weighted by atomic mass is 9.38. The Bertz CT molecular complexity index is 910. The molecule has 5 atom stereocenters. The Morgan fingerprint density at radius 2 is 0.569 bits per heavy atom. The van der Waals surface area contributed by atoms with Crippen molar-refractivity contribution in [3.8, 4) is 0 Å². The van der Waals surface area contributed by atoms with Crippen LogP contribution in [-0.4, -0.2) is 0 Å². The predicted octanol–water partition coefficient (Wildman–Crippen LogP) is 15.8. The summed E-state index contributed by atoms with van der Waals surface area (Å²) in [5.41, 5.74) is 0.961. The van der Waals surface area contributed by atoms with Crippen molar-refractivity contribution in [2.75, 3.05) is 0 Å². The van der Waals surface area contributed by atoms with Crippen LogP contribution in [0.3, 0.4) is 0 Å². The van der Waals surface area contributed by atoms with Gasteiger partial charge in [-0.05, 0) is 172 Å². The van der Waals surface area contributed by atoms with Crippen LogP contribution in [0.5, 0.6) is 0 Å². The molecule has 5 unspecified atom stereocenters. The summed E-state index contributed by atoms with van der Waals surface area (Å²) in [6, 6.07) is 0. The van der Waals surface area contributed by atoms with Gasteiger partial charge in [0, 0.05) is 0 Å². The lowest BCUT2D eigenvalue weighted by molar-refractivity contribution is -0.170. The highest BCUT2D eigenvalue weighted by molar-refractivity contribution is 5.10. The fourth-order valence-corrected chi connectivity index (χ4v) is 17.0. The van der Waals surface area contributed by atoms with E-state index in [1.54, 1.807) is 212 Å². The summed E-state index contributed by atoms with van der Waals surface area (Å²) in [7, 11) is 0. The lowest BCUT2D eigenvalue weighted by Gasteiger charge is -2.67. The molecule has 17 aliphatic carbocycles. The van der Waals surface area contributed by atoms with Crippen LogP contribution in [0, 0.1) is 88.3 Å². The minimum Gasteiger partial charge on any atom is -0.0530 e. The van der Waals surface area contributed by atoms with Crippen molar-refractivity contribution in [3.05, 3.63) is 0 Å². The van der Waals surface area contributed by atoms with E-state index in [0.717, 1.165) is 29.1 Å². The second kappa shape index (κ2) is 17.0. The average molecular weight is 699 g/mol. The topological polar surface area (TPSA) is 0 Å². The molecule has 0 heteroatoms. The zero-order valence-electron chi connectivity index (χ0n) is 34.0. The summed E-state index contributed by atoms with van der Waals surface area (Å²) in [6.45, 7) is 0. The predicted molar refractivity (Wildman–Crippen MR) is 218 cm³/mol. The molecule has 14 bridgehead atoms. The van der Waals surface area contributed by atoms with Gasteiger partial charge in [0.2, 0.25) is 0 Å². The third-order valence-corrected chi connectivity index (χ3v) is 19.8. The maximum atomic E-state index is 1.62. The highest BCUT2D eigenvalue weighted by atomic mass is 14.7. The second-order valence-corrected chi connectivity index (χ2v) is 23.1. The number of rotatable bonds is 0. The van der Waals surface area contributed by atoms with Crippen LogP contribution in [0.15, 0.2) is 0 Å². The van der Waals surface area contributed by atoms with E-state index in [0.29, 0.717) is 0 Å². The minimum atomic E-state index is 0.961. The van der Waals surface area contributed by atoms with Gasteiger partial charge >= 0.3 is 0 Å². The van der Waals surface area contributed by atoms with Crippen LogP contribution in [0.4, 0.5) is 0 Å². The fourth-order valence-electron chi connectivity index (χ4n) is 17.0. The first-order valence-electron chi connectivity index (χ1n) is 25.1. The average Bonchev–Trinajstić information content (AvgIpc) is 4.00. The molecule has 0 aromatic carbocycles. The zero-order chi connectivity index (χ0) is 34.0. The molecule has 0 radical (unpaired) electrons. The van der Waals surface area contributed by atoms with Crippen molar-refractivity contribution in [2.45, 2.75) is 231 Å². The van der Waals surface area contributed by atoms with Gasteiger partial charge in [0.15, 0.2) is 0 Å². The van der Waals surface area contributed by atoms with E-state index in [2.05, 4.69) is 0 Å². The Balaban J connectivity index is 0.0000000824. The first-order chi connectivity index (χ1) is 25.1. The maximum absolute atomic E-state index is 1.62. The van der Waals surface area contributed by atoms with Gasteiger partial charge in [-0.15, -0.1) is 0 Å². The molecule has 0 saturated heterocycles. The molecular weight excluding hydrogens is 613 g/mol.